The molecule has 0 saturated heterocycles. The van der Waals surface area contributed by atoms with Crippen LogP contribution in [0.1, 0.15) is 49.2 Å². The Balaban J connectivity index is 2.39. The lowest BCUT2D eigenvalue weighted by Gasteiger charge is -2.18. The minimum absolute atomic E-state index is 0.0764. The molecule has 0 atom stereocenters. The van der Waals surface area contributed by atoms with Gasteiger partial charge in [0.05, 0.1) is 6.10 Å². The van der Waals surface area contributed by atoms with Crippen LogP contribution in [0.2, 0.25) is 5.02 Å². The van der Waals surface area contributed by atoms with Gasteiger partial charge in [-0.25, -0.2) is 0 Å². The Hall–Kier alpha value is -1.81. The third kappa shape index (κ3) is 4.18. The fraction of sp³-hybridized carbons (Fsp3) is 0.474. The van der Waals surface area contributed by atoms with Gasteiger partial charge >= 0.3 is 0 Å². The van der Waals surface area contributed by atoms with Crippen LogP contribution < -0.4 is 9.47 Å². The number of halogens is 1. The van der Waals surface area contributed by atoms with Crippen LogP contribution in [0.5, 0.6) is 17.5 Å². The Kier molecular flexibility index (Phi) is 6.05. The minimum atomic E-state index is 0.0764. The van der Waals surface area contributed by atoms with Crippen LogP contribution >= 0.6 is 11.6 Å². The van der Waals surface area contributed by atoms with Crippen molar-refractivity contribution in [1.29, 1.82) is 0 Å². The fourth-order valence-corrected chi connectivity index (χ4v) is 2.86. The van der Waals surface area contributed by atoms with Gasteiger partial charge in [0, 0.05) is 0 Å². The SMILES string of the molecule is CCC(CC)Oc1nc(C)nc(Oc2c(C)cc(C)cc2C)c1Cl. The number of rotatable bonds is 6. The van der Waals surface area contributed by atoms with E-state index in [2.05, 4.69) is 42.9 Å². The van der Waals surface area contributed by atoms with Gasteiger partial charge in [-0.15, -0.1) is 0 Å². The van der Waals surface area contributed by atoms with Crippen LogP contribution in [-0.4, -0.2) is 16.1 Å². The highest BCUT2D eigenvalue weighted by Gasteiger charge is 2.19. The Morgan fingerprint density at radius 2 is 1.50 bits per heavy atom. The summed E-state index contributed by atoms with van der Waals surface area (Å²) in [5, 5.41) is 0.312. The summed E-state index contributed by atoms with van der Waals surface area (Å²) in [6.07, 6.45) is 1.86. The fourth-order valence-electron chi connectivity index (χ4n) is 2.69. The molecule has 0 fully saturated rings. The van der Waals surface area contributed by atoms with E-state index in [4.69, 9.17) is 21.1 Å². The first-order valence-corrected chi connectivity index (χ1v) is 8.69. The van der Waals surface area contributed by atoms with E-state index in [0.717, 1.165) is 29.7 Å². The van der Waals surface area contributed by atoms with Crippen LogP contribution in [0.25, 0.3) is 0 Å². The summed E-state index contributed by atoms with van der Waals surface area (Å²) in [6.45, 7) is 12.0. The largest absolute Gasteiger partial charge is 0.473 e. The minimum Gasteiger partial charge on any atom is -0.473 e. The van der Waals surface area contributed by atoms with Gasteiger partial charge in [-0.2, -0.15) is 9.97 Å². The molecule has 0 saturated carbocycles. The Labute approximate surface area is 149 Å². The van der Waals surface area contributed by atoms with Crippen molar-refractivity contribution in [1.82, 2.24) is 9.97 Å². The molecule has 0 aliphatic heterocycles. The van der Waals surface area contributed by atoms with Crippen molar-refractivity contribution in [2.75, 3.05) is 0 Å². The first-order valence-electron chi connectivity index (χ1n) is 8.32. The highest BCUT2D eigenvalue weighted by molar-refractivity contribution is 6.33. The van der Waals surface area contributed by atoms with Gasteiger partial charge < -0.3 is 9.47 Å². The van der Waals surface area contributed by atoms with Crippen molar-refractivity contribution in [2.45, 2.75) is 60.5 Å². The van der Waals surface area contributed by atoms with E-state index >= 15 is 0 Å². The van der Waals surface area contributed by atoms with Gasteiger partial charge in [0.15, 0.2) is 5.02 Å². The quantitative estimate of drug-likeness (QED) is 0.669. The molecule has 1 heterocycles. The molecule has 0 radical (unpaired) electrons. The number of benzene rings is 1. The lowest BCUT2D eigenvalue weighted by molar-refractivity contribution is 0.183. The predicted molar refractivity (Wildman–Crippen MR) is 97.5 cm³/mol. The molecule has 0 N–H and O–H groups in total. The summed E-state index contributed by atoms with van der Waals surface area (Å²) in [5.41, 5.74) is 3.28. The summed E-state index contributed by atoms with van der Waals surface area (Å²) in [4.78, 5) is 8.67. The molecular weight excluding hydrogens is 324 g/mol. The zero-order valence-electron chi connectivity index (χ0n) is 15.2. The van der Waals surface area contributed by atoms with Crippen molar-refractivity contribution in [3.05, 3.63) is 39.7 Å². The molecule has 0 bridgehead atoms. The molecule has 1 aromatic heterocycles. The maximum Gasteiger partial charge on any atom is 0.245 e. The van der Waals surface area contributed by atoms with E-state index in [1.807, 2.05) is 13.8 Å². The third-order valence-corrected chi connectivity index (χ3v) is 4.22. The normalized spacial score (nSPS) is 11.0. The first kappa shape index (κ1) is 18.5. The van der Waals surface area contributed by atoms with Gasteiger partial charge in [-0.1, -0.05) is 43.1 Å². The average Bonchev–Trinajstić information content (AvgIpc) is 2.52. The van der Waals surface area contributed by atoms with Crippen LogP contribution in [-0.2, 0) is 0 Å². The van der Waals surface area contributed by atoms with Crippen molar-refractivity contribution >= 4 is 11.6 Å². The van der Waals surface area contributed by atoms with Gasteiger partial charge in [0.25, 0.3) is 0 Å². The van der Waals surface area contributed by atoms with E-state index in [9.17, 15) is 0 Å². The number of aryl methyl sites for hydroxylation is 4. The highest BCUT2D eigenvalue weighted by atomic mass is 35.5. The lowest BCUT2D eigenvalue weighted by atomic mass is 10.1. The molecule has 24 heavy (non-hydrogen) atoms. The Morgan fingerprint density at radius 1 is 0.958 bits per heavy atom. The highest BCUT2D eigenvalue weighted by Crippen LogP contribution is 2.37. The molecule has 5 heteroatoms. The maximum absolute atomic E-state index is 6.45. The van der Waals surface area contributed by atoms with Crippen molar-refractivity contribution in [2.24, 2.45) is 0 Å². The van der Waals surface area contributed by atoms with E-state index < -0.39 is 0 Å². The zero-order valence-corrected chi connectivity index (χ0v) is 16.0. The van der Waals surface area contributed by atoms with Crippen LogP contribution in [0, 0.1) is 27.7 Å². The molecule has 0 unspecified atom stereocenters. The van der Waals surface area contributed by atoms with Crippen LogP contribution in [0.15, 0.2) is 12.1 Å². The molecule has 0 aliphatic carbocycles. The van der Waals surface area contributed by atoms with E-state index in [-0.39, 0.29) is 6.10 Å². The second kappa shape index (κ2) is 7.84. The third-order valence-electron chi connectivity index (χ3n) is 3.89. The summed E-state index contributed by atoms with van der Waals surface area (Å²) in [7, 11) is 0. The number of nitrogens with zero attached hydrogens (tertiary/aromatic N) is 2. The standard InChI is InChI=1S/C19H25ClN2O2/c1-7-15(8-2)23-18-16(20)19(22-14(6)21-18)24-17-12(4)9-11(3)10-13(17)5/h9-10,15H,7-8H2,1-6H3. The van der Waals surface area contributed by atoms with Gasteiger partial charge in [-0.3, -0.25) is 0 Å². The zero-order chi connectivity index (χ0) is 17.9. The van der Waals surface area contributed by atoms with E-state index in [0.29, 0.717) is 22.6 Å². The molecule has 0 amide bonds. The summed E-state index contributed by atoms with van der Waals surface area (Å²) in [5.74, 6) is 2.06. The van der Waals surface area contributed by atoms with Gasteiger partial charge in [0.1, 0.15) is 11.6 Å². The Morgan fingerprint density at radius 3 is 2.04 bits per heavy atom. The second-order valence-corrected chi connectivity index (χ2v) is 6.46. The van der Waals surface area contributed by atoms with E-state index in [1.54, 1.807) is 6.92 Å². The second-order valence-electron chi connectivity index (χ2n) is 6.08. The maximum atomic E-state index is 6.45. The monoisotopic (exact) mass is 348 g/mol. The lowest BCUT2D eigenvalue weighted by Crippen LogP contribution is -2.15. The van der Waals surface area contributed by atoms with Crippen molar-refractivity contribution in [3.8, 4) is 17.5 Å². The number of ether oxygens (including phenoxy) is 2. The molecule has 4 nitrogen and oxygen atoms in total. The summed E-state index contributed by atoms with van der Waals surface area (Å²) < 4.78 is 12.0. The molecule has 130 valence electrons. The first-order chi connectivity index (χ1) is 11.3. The number of aromatic nitrogens is 2. The summed E-state index contributed by atoms with van der Waals surface area (Å²) in [6, 6.07) is 4.15. The Bertz CT molecular complexity index is 705. The number of hydrogen-bond acceptors (Lipinski definition) is 4. The van der Waals surface area contributed by atoms with Gasteiger partial charge in [0.2, 0.25) is 11.8 Å². The number of hydrogen-bond donors (Lipinski definition) is 0. The van der Waals surface area contributed by atoms with Crippen LogP contribution in [0.3, 0.4) is 0 Å². The smallest absolute Gasteiger partial charge is 0.245 e. The average molecular weight is 349 g/mol. The molecule has 0 aliphatic rings. The summed E-state index contributed by atoms with van der Waals surface area (Å²) >= 11 is 6.45. The molecule has 1 aromatic carbocycles. The van der Waals surface area contributed by atoms with Gasteiger partial charge in [-0.05, 0) is 51.7 Å². The van der Waals surface area contributed by atoms with Crippen LogP contribution in [0.4, 0.5) is 0 Å². The molecule has 0 spiro atoms. The molecule has 2 aromatic rings. The van der Waals surface area contributed by atoms with E-state index in [1.165, 1.54) is 5.56 Å². The molecule has 2 rings (SSSR count). The predicted octanol–water partition coefficient (Wildman–Crippen LogP) is 5.72. The van der Waals surface area contributed by atoms with Crippen molar-refractivity contribution < 1.29 is 9.47 Å². The van der Waals surface area contributed by atoms with Crippen molar-refractivity contribution in [3.63, 3.8) is 0 Å². The molecular formula is C19H25ClN2O2. The topological polar surface area (TPSA) is 44.2 Å².